The number of carboxylic acid groups (broad SMARTS) is 1. The minimum atomic E-state index is -1.21. The topological polar surface area (TPSA) is 104 Å². The quantitative estimate of drug-likeness (QED) is 0.478. The van der Waals surface area contributed by atoms with Crippen molar-refractivity contribution in [3.05, 3.63) is 91.9 Å². The molecule has 4 rings (SSSR count). The number of carboxylic acids is 1. The molecule has 0 atom stereocenters. The molecular formula is C22H11Cl3N2O5. The first-order valence-corrected chi connectivity index (χ1v) is 10.1. The molecule has 7 nitrogen and oxygen atoms in total. The van der Waals surface area contributed by atoms with Gasteiger partial charge in [0.05, 0.1) is 43.7 Å². The molecule has 0 bridgehead atoms. The summed E-state index contributed by atoms with van der Waals surface area (Å²) in [4.78, 5) is 50.1. The Morgan fingerprint density at radius 1 is 0.812 bits per heavy atom. The molecule has 0 saturated carbocycles. The van der Waals surface area contributed by atoms with Gasteiger partial charge in [0.15, 0.2) is 0 Å². The number of carbonyl (C=O) groups excluding carboxylic acids is 3. The molecular weight excluding hydrogens is 479 g/mol. The van der Waals surface area contributed by atoms with Crippen molar-refractivity contribution in [1.82, 2.24) is 0 Å². The predicted molar refractivity (Wildman–Crippen MR) is 120 cm³/mol. The van der Waals surface area contributed by atoms with Crippen LogP contribution in [0.25, 0.3) is 0 Å². The maximum Gasteiger partial charge on any atom is 0.335 e. The standard InChI is InChI=1S/C22H11Cl3N2O5/c23-11-2-5-14(16(24)8-11)19(28)26-18-6-3-12(9-17(18)25)27-20(29)13-4-1-10(22(31)32)7-15(13)21(27)30/h1-9H,(H,26,28)(H,31,32). The Hall–Kier alpha value is -3.39. The lowest BCUT2D eigenvalue weighted by atomic mass is 10.1. The Morgan fingerprint density at radius 2 is 1.53 bits per heavy atom. The van der Waals surface area contributed by atoms with E-state index < -0.39 is 23.7 Å². The Labute approximate surface area is 196 Å². The van der Waals surface area contributed by atoms with Crippen LogP contribution in [0.1, 0.15) is 41.4 Å². The van der Waals surface area contributed by atoms with Gasteiger partial charge in [-0.1, -0.05) is 34.8 Å². The molecule has 0 radical (unpaired) electrons. The minimum Gasteiger partial charge on any atom is -0.478 e. The number of amides is 3. The number of carbonyl (C=O) groups is 4. The summed E-state index contributed by atoms with van der Waals surface area (Å²) >= 11 is 18.2. The highest BCUT2D eigenvalue weighted by molar-refractivity contribution is 6.38. The van der Waals surface area contributed by atoms with E-state index in [-0.39, 0.29) is 43.7 Å². The summed E-state index contributed by atoms with van der Waals surface area (Å²) in [7, 11) is 0. The van der Waals surface area contributed by atoms with E-state index in [2.05, 4.69) is 5.32 Å². The summed E-state index contributed by atoms with van der Waals surface area (Å²) in [6, 6.07) is 12.3. The Morgan fingerprint density at radius 3 is 2.19 bits per heavy atom. The van der Waals surface area contributed by atoms with Crippen LogP contribution in [0.4, 0.5) is 11.4 Å². The van der Waals surface area contributed by atoms with E-state index in [9.17, 15) is 19.2 Å². The van der Waals surface area contributed by atoms with Gasteiger partial charge < -0.3 is 10.4 Å². The van der Waals surface area contributed by atoms with Gasteiger partial charge in [-0.3, -0.25) is 14.4 Å². The monoisotopic (exact) mass is 488 g/mol. The molecule has 2 N–H and O–H groups in total. The fourth-order valence-corrected chi connectivity index (χ4v) is 3.93. The molecule has 0 fully saturated rings. The van der Waals surface area contributed by atoms with Crippen molar-refractivity contribution in [1.29, 1.82) is 0 Å². The normalized spacial score (nSPS) is 12.7. The smallest absolute Gasteiger partial charge is 0.335 e. The molecule has 10 heteroatoms. The number of anilines is 2. The van der Waals surface area contributed by atoms with Crippen molar-refractivity contribution >= 4 is 69.9 Å². The zero-order valence-corrected chi connectivity index (χ0v) is 18.1. The third-order valence-corrected chi connectivity index (χ3v) is 5.63. The average molecular weight is 490 g/mol. The van der Waals surface area contributed by atoms with Gasteiger partial charge in [0.1, 0.15) is 0 Å². The van der Waals surface area contributed by atoms with Gasteiger partial charge in [-0.25, -0.2) is 9.69 Å². The van der Waals surface area contributed by atoms with E-state index in [1.807, 2.05) is 0 Å². The molecule has 32 heavy (non-hydrogen) atoms. The Kier molecular flexibility index (Phi) is 5.64. The number of rotatable bonds is 4. The zero-order chi connectivity index (χ0) is 23.2. The first-order valence-electron chi connectivity index (χ1n) is 8.99. The summed E-state index contributed by atoms with van der Waals surface area (Å²) in [5.41, 5.74) is 0.554. The van der Waals surface area contributed by atoms with Crippen LogP contribution in [-0.2, 0) is 0 Å². The summed E-state index contributed by atoms with van der Waals surface area (Å²) in [5.74, 6) is -3.02. The van der Waals surface area contributed by atoms with Gasteiger partial charge in [0, 0.05) is 5.02 Å². The van der Waals surface area contributed by atoms with E-state index in [4.69, 9.17) is 39.9 Å². The van der Waals surface area contributed by atoms with E-state index in [1.54, 1.807) is 0 Å². The molecule has 0 aromatic heterocycles. The molecule has 1 heterocycles. The van der Waals surface area contributed by atoms with Crippen molar-refractivity contribution in [2.75, 3.05) is 10.2 Å². The lowest BCUT2D eigenvalue weighted by molar-refractivity contribution is 0.0696. The van der Waals surface area contributed by atoms with Crippen molar-refractivity contribution < 1.29 is 24.3 Å². The van der Waals surface area contributed by atoms with E-state index in [1.165, 1.54) is 48.5 Å². The van der Waals surface area contributed by atoms with Crippen LogP contribution in [0.3, 0.4) is 0 Å². The third kappa shape index (κ3) is 3.82. The number of fused-ring (bicyclic) bond motifs is 1. The number of halogens is 3. The number of benzene rings is 3. The van der Waals surface area contributed by atoms with Crippen LogP contribution in [0.5, 0.6) is 0 Å². The van der Waals surface area contributed by atoms with Gasteiger partial charge >= 0.3 is 5.97 Å². The maximum atomic E-state index is 12.8. The molecule has 0 aliphatic carbocycles. The Balaban J connectivity index is 1.61. The first kappa shape index (κ1) is 21.8. The van der Waals surface area contributed by atoms with Crippen molar-refractivity contribution in [2.45, 2.75) is 0 Å². The largest absolute Gasteiger partial charge is 0.478 e. The summed E-state index contributed by atoms with van der Waals surface area (Å²) in [6.07, 6.45) is 0. The number of aromatic carboxylic acids is 1. The highest BCUT2D eigenvalue weighted by Crippen LogP contribution is 2.34. The molecule has 0 spiro atoms. The highest BCUT2D eigenvalue weighted by Gasteiger charge is 2.37. The highest BCUT2D eigenvalue weighted by atomic mass is 35.5. The zero-order valence-electron chi connectivity index (χ0n) is 15.9. The van der Waals surface area contributed by atoms with Crippen LogP contribution < -0.4 is 10.2 Å². The summed E-state index contributed by atoms with van der Waals surface area (Å²) in [5, 5.41) is 12.4. The number of nitrogens with one attached hydrogen (secondary N) is 1. The lowest BCUT2D eigenvalue weighted by Crippen LogP contribution is -2.29. The molecule has 1 aliphatic heterocycles. The number of hydrogen-bond donors (Lipinski definition) is 2. The van der Waals surface area contributed by atoms with Crippen LogP contribution in [0, 0.1) is 0 Å². The van der Waals surface area contributed by atoms with E-state index >= 15 is 0 Å². The second kappa shape index (κ2) is 8.27. The lowest BCUT2D eigenvalue weighted by Gasteiger charge is -2.16. The molecule has 0 unspecified atom stereocenters. The van der Waals surface area contributed by atoms with Crippen LogP contribution >= 0.6 is 34.8 Å². The second-order valence-electron chi connectivity index (χ2n) is 6.75. The molecule has 3 amide bonds. The SMILES string of the molecule is O=C(O)c1ccc2c(c1)C(=O)N(c1ccc(NC(=O)c3ccc(Cl)cc3Cl)c(Cl)c1)C2=O. The van der Waals surface area contributed by atoms with Crippen LogP contribution in [0.15, 0.2) is 54.6 Å². The first-order chi connectivity index (χ1) is 15.2. The molecule has 3 aromatic rings. The Bertz CT molecular complexity index is 1340. The number of nitrogens with zero attached hydrogens (tertiary/aromatic N) is 1. The fraction of sp³-hybridized carbons (Fsp3) is 0. The van der Waals surface area contributed by atoms with E-state index in [0.29, 0.717) is 5.02 Å². The van der Waals surface area contributed by atoms with Gasteiger partial charge in [-0.2, -0.15) is 0 Å². The minimum absolute atomic E-state index is 0.0132. The van der Waals surface area contributed by atoms with Gasteiger partial charge in [-0.05, 0) is 54.6 Å². The molecule has 3 aromatic carbocycles. The number of imide groups is 1. The number of hydrogen-bond acceptors (Lipinski definition) is 4. The second-order valence-corrected chi connectivity index (χ2v) is 8.00. The van der Waals surface area contributed by atoms with Crippen molar-refractivity contribution in [3.63, 3.8) is 0 Å². The van der Waals surface area contributed by atoms with Crippen molar-refractivity contribution in [2.24, 2.45) is 0 Å². The summed E-state index contributed by atoms with van der Waals surface area (Å²) in [6.45, 7) is 0. The third-order valence-electron chi connectivity index (χ3n) is 4.77. The average Bonchev–Trinajstić information content (AvgIpc) is 2.99. The van der Waals surface area contributed by atoms with Crippen molar-refractivity contribution in [3.8, 4) is 0 Å². The van der Waals surface area contributed by atoms with Gasteiger partial charge in [0.25, 0.3) is 17.7 Å². The van der Waals surface area contributed by atoms with E-state index in [0.717, 1.165) is 11.0 Å². The molecule has 1 aliphatic rings. The van der Waals surface area contributed by atoms with Crippen LogP contribution in [-0.4, -0.2) is 28.8 Å². The predicted octanol–water partition coefficient (Wildman–Crippen LogP) is 5.40. The fourth-order valence-electron chi connectivity index (χ4n) is 3.22. The van der Waals surface area contributed by atoms with Gasteiger partial charge in [0.2, 0.25) is 0 Å². The summed E-state index contributed by atoms with van der Waals surface area (Å²) < 4.78 is 0. The molecule has 160 valence electrons. The molecule has 0 saturated heterocycles. The van der Waals surface area contributed by atoms with Crippen LogP contribution in [0.2, 0.25) is 15.1 Å². The van der Waals surface area contributed by atoms with Gasteiger partial charge in [-0.15, -0.1) is 0 Å². The maximum absolute atomic E-state index is 12.8.